The number of ketones is 1. The van der Waals surface area contributed by atoms with Crippen LogP contribution in [0.25, 0.3) is 0 Å². The third kappa shape index (κ3) is 2.38. The normalized spacial score (nSPS) is 21.5. The van der Waals surface area contributed by atoms with Crippen LogP contribution in [0.5, 0.6) is 0 Å². The number of likely N-dealkylation sites (tertiary alicyclic amines) is 1. The van der Waals surface area contributed by atoms with Gasteiger partial charge in [-0.3, -0.25) is 9.69 Å². The highest BCUT2D eigenvalue weighted by Gasteiger charge is 2.35. The Morgan fingerprint density at radius 3 is 2.76 bits per heavy atom. The molecule has 1 aliphatic heterocycles. The molecule has 0 amide bonds. The average molecular weight is 252 g/mol. The first-order chi connectivity index (χ1) is 8.00. The minimum atomic E-state index is -0.103. The van der Waals surface area contributed by atoms with Gasteiger partial charge < -0.3 is 0 Å². The van der Waals surface area contributed by atoms with Crippen molar-refractivity contribution in [3.8, 4) is 0 Å². The van der Waals surface area contributed by atoms with Gasteiger partial charge in [-0.15, -0.1) is 0 Å². The molecule has 17 heavy (non-hydrogen) atoms. The number of hydrogen-bond acceptors (Lipinski definition) is 2. The van der Waals surface area contributed by atoms with Crippen molar-refractivity contribution in [2.24, 2.45) is 0 Å². The van der Waals surface area contributed by atoms with Gasteiger partial charge in [-0.25, -0.2) is 0 Å². The number of carbonyl (C=O) groups is 1. The van der Waals surface area contributed by atoms with Crippen molar-refractivity contribution in [1.29, 1.82) is 0 Å². The number of hydrogen-bond donors (Lipinski definition) is 0. The molecule has 1 unspecified atom stereocenters. The zero-order valence-electron chi connectivity index (χ0n) is 10.5. The third-order valence-corrected chi connectivity index (χ3v) is 3.69. The molecule has 0 spiro atoms. The number of nitrogens with zero attached hydrogens (tertiary/aromatic N) is 1. The van der Waals surface area contributed by atoms with Crippen molar-refractivity contribution < 1.29 is 4.79 Å². The standard InChI is InChI=1S/C14H18ClNO/c1-9(2)16-7-6-13(17)14(16)12-8-11(15)5-4-10(12)3/h4-5,8-9,14H,6-7H2,1-3H3. The summed E-state index contributed by atoms with van der Waals surface area (Å²) in [6.45, 7) is 7.15. The van der Waals surface area contributed by atoms with Crippen LogP contribution in [0, 0.1) is 6.92 Å². The van der Waals surface area contributed by atoms with Crippen molar-refractivity contribution in [2.45, 2.75) is 39.3 Å². The molecule has 1 saturated heterocycles. The molecule has 0 bridgehead atoms. The molecule has 0 aliphatic carbocycles. The van der Waals surface area contributed by atoms with Crippen molar-refractivity contribution in [2.75, 3.05) is 6.54 Å². The fraction of sp³-hybridized carbons (Fsp3) is 0.500. The van der Waals surface area contributed by atoms with Gasteiger partial charge in [-0.1, -0.05) is 17.7 Å². The summed E-state index contributed by atoms with van der Waals surface area (Å²) in [4.78, 5) is 14.3. The molecular formula is C14H18ClNO. The van der Waals surface area contributed by atoms with Crippen LogP contribution in [0.15, 0.2) is 18.2 Å². The second-order valence-corrected chi connectivity index (χ2v) is 5.39. The van der Waals surface area contributed by atoms with E-state index < -0.39 is 0 Å². The minimum Gasteiger partial charge on any atom is -0.297 e. The summed E-state index contributed by atoms with van der Waals surface area (Å²) < 4.78 is 0. The fourth-order valence-corrected chi connectivity index (χ4v) is 2.68. The Bertz CT molecular complexity index is 442. The Labute approximate surface area is 108 Å². The summed E-state index contributed by atoms with van der Waals surface area (Å²) in [6.07, 6.45) is 0.648. The smallest absolute Gasteiger partial charge is 0.155 e. The number of carbonyl (C=O) groups excluding carboxylic acids is 1. The van der Waals surface area contributed by atoms with E-state index in [4.69, 9.17) is 11.6 Å². The quantitative estimate of drug-likeness (QED) is 0.803. The monoisotopic (exact) mass is 251 g/mol. The third-order valence-electron chi connectivity index (χ3n) is 3.45. The van der Waals surface area contributed by atoms with Gasteiger partial charge in [0.2, 0.25) is 0 Å². The van der Waals surface area contributed by atoms with Crippen LogP contribution in [0.1, 0.15) is 37.4 Å². The summed E-state index contributed by atoms with van der Waals surface area (Å²) in [5.41, 5.74) is 2.20. The van der Waals surface area contributed by atoms with Crippen LogP contribution in [-0.2, 0) is 4.79 Å². The van der Waals surface area contributed by atoms with E-state index in [0.29, 0.717) is 23.3 Å². The molecule has 0 N–H and O–H groups in total. The van der Waals surface area contributed by atoms with E-state index in [1.807, 2.05) is 25.1 Å². The van der Waals surface area contributed by atoms with Crippen LogP contribution in [0.4, 0.5) is 0 Å². The lowest BCUT2D eigenvalue weighted by atomic mass is 9.98. The Morgan fingerprint density at radius 2 is 2.12 bits per heavy atom. The molecule has 1 atom stereocenters. The first kappa shape index (κ1) is 12.6. The highest BCUT2D eigenvalue weighted by molar-refractivity contribution is 6.30. The summed E-state index contributed by atoms with van der Waals surface area (Å²) in [6, 6.07) is 6.07. The van der Waals surface area contributed by atoms with Crippen LogP contribution >= 0.6 is 11.6 Å². The molecule has 0 saturated carbocycles. The van der Waals surface area contributed by atoms with Gasteiger partial charge in [0.25, 0.3) is 0 Å². The lowest BCUT2D eigenvalue weighted by Gasteiger charge is -2.28. The molecule has 2 nitrogen and oxygen atoms in total. The molecule has 2 rings (SSSR count). The minimum absolute atomic E-state index is 0.103. The van der Waals surface area contributed by atoms with E-state index in [9.17, 15) is 4.79 Å². The van der Waals surface area contributed by atoms with E-state index in [2.05, 4.69) is 18.7 Å². The van der Waals surface area contributed by atoms with Gasteiger partial charge in [-0.2, -0.15) is 0 Å². The maximum absolute atomic E-state index is 12.1. The zero-order chi connectivity index (χ0) is 12.6. The van der Waals surface area contributed by atoms with Gasteiger partial charge in [0.05, 0.1) is 6.04 Å². The molecule has 92 valence electrons. The highest BCUT2D eigenvalue weighted by atomic mass is 35.5. The van der Waals surface area contributed by atoms with E-state index >= 15 is 0 Å². The molecule has 0 radical (unpaired) electrons. The SMILES string of the molecule is Cc1ccc(Cl)cc1C1C(=O)CCN1C(C)C. The molecule has 1 fully saturated rings. The van der Waals surface area contributed by atoms with E-state index in [0.717, 1.165) is 17.7 Å². The number of Topliss-reactive ketones (excluding diaryl/α,β-unsaturated/α-hetero) is 1. The van der Waals surface area contributed by atoms with Crippen LogP contribution < -0.4 is 0 Å². The summed E-state index contributed by atoms with van der Waals surface area (Å²) in [7, 11) is 0. The lowest BCUT2D eigenvalue weighted by Crippen LogP contribution is -2.32. The van der Waals surface area contributed by atoms with E-state index in [1.165, 1.54) is 0 Å². The van der Waals surface area contributed by atoms with Crippen LogP contribution in [-0.4, -0.2) is 23.3 Å². The second kappa shape index (κ2) is 4.79. The number of aryl methyl sites for hydroxylation is 1. The molecule has 3 heteroatoms. The summed E-state index contributed by atoms with van der Waals surface area (Å²) in [5.74, 6) is 0.309. The van der Waals surface area contributed by atoms with Gasteiger partial charge in [0, 0.05) is 24.0 Å². The van der Waals surface area contributed by atoms with E-state index in [-0.39, 0.29) is 6.04 Å². The molecule has 0 aromatic heterocycles. The molecule has 1 heterocycles. The number of rotatable bonds is 2. The first-order valence-electron chi connectivity index (χ1n) is 6.05. The molecule has 1 aliphatic rings. The van der Waals surface area contributed by atoms with Gasteiger partial charge in [-0.05, 0) is 44.0 Å². The lowest BCUT2D eigenvalue weighted by molar-refractivity contribution is -0.120. The highest BCUT2D eigenvalue weighted by Crippen LogP contribution is 2.33. The fourth-order valence-electron chi connectivity index (χ4n) is 2.50. The summed E-state index contributed by atoms with van der Waals surface area (Å²) >= 11 is 6.04. The van der Waals surface area contributed by atoms with Crippen LogP contribution in [0.2, 0.25) is 5.02 Å². The Balaban J connectivity index is 2.42. The molecule has 1 aromatic rings. The molecule has 1 aromatic carbocycles. The van der Waals surface area contributed by atoms with Gasteiger partial charge in [0.15, 0.2) is 5.78 Å². The van der Waals surface area contributed by atoms with Crippen molar-refractivity contribution in [3.05, 3.63) is 34.3 Å². The number of benzene rings is 1. The predicted octanol–water partition coefficient (Wildman–Crippen LogP) is 3.37. The average Bonchev–Trinajstić information content (AvgIpc) is 2.64. The number of halogens is 1. The maximum Gasteiger partial charge on any atom is 0.155 e. The zero-order valence-corrected chi connectivity index (χ0v) is 11.3. The first-order valence-corrected chi connectivity index (χ1v) is 6.43. The Hall–Kier alpha value is -0.860. The Morgan fingerprint density at radius 1 is 1.41 bits per heavy atom. The van der Waals surface area contributed by atoms with E-state index in [1.54, 1.807) is 0 Å². The maximum atomic E-state index is 12.1. The molecular weight excluding hydrogens is 234 g/mol. The Kier molecular flexibility index (Phi) is 3.55. The topological polar surface area (TPSA) is 20.3 Å². The van der Waals surface area contributed by atoms with Crippen molar-refractivity contribution in [3.63, 3.8) is 0 Å². The summed E-state index contributed by atoms with van der Waals surface area (Å²) in [5, 5.41) is 0.703. The predicted molar refractivity (Wildman–Crippen MR) is 70.4 cm³/mol. The second-order valence-electron chi connectivity index (χ2n) is 4.95. The van der Waals surface area contributed by atoms with Crippen LogP contribution in [0.3, 0.4) is 0 Å². The largest absolute Gasteiger partial charge is 0.297 e. The van der Waals surface area contributed by atoms with Crippen molar-refractivity contribution >= 4 is 17.4 Å². The van der Waals surface area contributed by atoms with Gasteiger partial charge >= 0.3 is 0 Å². The van der Waals surface area contributed by atoms with Crippen molar-refractivity contribution in [1.82, 2.24) is 4.90 Å². The van der Waals surface area contributed by atoms with Gasteiger partial charge in [0.1, 0.15) is 0 Å².